The molecule has 1 saturated heterocycles. The zero-order valence-electron chi connectivity index (χ0n) is 22.3. The number of hydrogen-bond donors (Lipinski definition) is 1. The van der Waals surface area contributed by atoms with Crippen molar-refractivity contribution < 1.29 is 9.18 Å². The number of nitrogens with one attached hydrogen (secondary N) is 1. The quantitative estimate of drug-likeness (QED) is 0.166. The lowest BCUT2D eigenvalue weighted by molar-refractivity contribution is 0.0866. The molecule has 1 atom stereocenters. The van der Waals surface area contributed by atoms with Gasteiger partial charge in [0.2, 0.25) is 5.96 Å². The molecular weight excluding hydrogens is 850 g/mol. The molecular formula is C28H29FI3N7O. The molecule has 0 aliphatic carbocycles. The van der Waals surface area contributed by atoms with Crippen molar-refractivity contribution in [3.8, 4) is 0 Å². The van der Waals surface area contributed by atoms with Crippen molar-refractivity contribution >= 4 is 97.0 Å². The Labute approximate surface area is 274 Å². The molecule has 12 heteroatoms. The van der Waals surface area contributed by atoms with Crippen LogP contribution in [0, 0.1) is 5.82 Å². The second-order valence-electron chi connectivity index (χ2n) is 11.1. The second-order valence-corrected chi connectivity index (χ2v) is 21.9. The minimum Gasteiger partial charge on any atom is -0.340 e. The average molecular weight is 879 g/mol. The van der Waals surface area contributed by atoms with Gasteiger partial charge in [0.05, 0.1) is 18.6 Å². The minimum absolute atomic E-state index is 0.0359. The SMILES string of the molecule is CN1C(=O)c2c(nn(Cc3ccc(C4CCCN4C(I)(I)I)cc3)c2Nc2ccc(F)cc2)N2CC(C)(C)N=C12. The molecule has 0 spiro atoms. The number of hydrogen-bond acceptors (Lipinski definition) is 6. The first kappa shape index (κ1) is 28.6. The molecule has 40 heavy (non-hydrogen) atoms. The number of halogens is 4. The van der Waals surface area contributed by atoms with Gasteiger partial charge in [0.25, 0.3) is 5.91 Å². The van der Waals surface area contributed by atoms with Crippen molar-refractivity contribution in [2.24, 2.45) is 4.99 Å². The first-order valence-electron chi connectivity index (χ1n) is 13.1. The Bertz CT molecular complexity index is 1480. The Morgan fingerprint density at radius 2 is 1.80 bits per heavy atom. The highest BCUT2D eigenvalue weighted by atomic mass is 127. The number of aliphatic imine (C=N–C) groups is 1. The van der Waals surface area contributed by atoms with Gasteiger partial charge in [-0.1, -0.05) is 24.3 Å². The van der Waals surface area contributed by atoms with Crippen molar-refractivity contribution in [3.63, 3.8) is 0 Å². The van der Waals surface area contributed by atoms with Crippen LogP contribution < -0.4 is 10.2 Å². The number of benzene rings is 2. The summed E-state index contributed by atoms with van der Waals surface area (Å²) in [5.41, 5.74) is 3.23. The summed E-state index contributed by atoms with van der Waals surface area (Å²) < 4.78 is 15.5. The van der Waals surface area contributed by atoms with Gasteiger partial charge in [-0.05, 0) is 130 Å². The summed E-state index contributed by atoms with van der Waals surface area (Å²) in [5, 5.41) is 8.33. The maximum atomic E-state index is 13.7. The van der Waals surface area contributed by atoms with Crippen molar-refractivity contribution in [1.29, 1.82) is 0 Å². The highest BCUT2D eigenvalue weighted by Crippen LogP contribution is 2.48. The number of nitrogens with zero attached hydrogens (tertiary/aromatic N) is 6. The molecule has 0 bridgehead atoms. The number of likely N-dealkylation sites (tertiary alicyclic amines) is 1. The third kappa shape index (κ3) is 5.37. The van der Waals surface area contributed by atoms with E-state index in [1.807, 2.05) is 9.58 Å². The van der Waals surface area contributed by atoms with Crippen LogP contribution in [0.5, 0.6) is 0 Å². The monoisotopic (exact) mass is 879 g/mol. The molecule has 2 aromatic carbocycles. The molecule has 8 nitrogen and oxygen atoms in total. The molecule has 210 valence electrons. The number of carbonyl (C=O) groups excluding carboxylic acids is 1. The van der Waals surface area contributed by atoms with Gasteiger partial charge in [-0.25, -0.2) is 14.1 Å². The summed E-state index contributed by atoms with van der Waals surface area (Å²) in [6.45, 7) is 6.30. The second kappa shape index (κ2) is 10.6. The van der Waals surface area contributed by atoms with Crippen LogP contribution >= 0.6 is 67.8 Å². The maximum absolute atomic E-state index is 13.7. The number of guanidine groups is 1. The van der Waals surface area contributed by atoms with Crippen LogP contribution in [0.15, 0.2) is 53.5 Å². The first-order valence-corrected chi connectivity index (χ1v) is 16.4. The third-order valence-corrected chi connectivity index (χ3v) is 9.44. The highest BCUT2D eigenvalue weighted by molar-refractivity contribution is 14.3. The lowest BCUT2D eigenvalue weighted by Crippen LogP contribution is -2.48. The van der Waals surface area contributed by atoms with Gasteiger partial charge >= 0.3 is 0 Å². The lowest BCUT2D eigenvalue weighted by atomic mass is 10.0. The summed E-state index contributed by atoms with van der Waals surface area (Å²) in [5.74, 6) is 1.30. The largest absolute Gasteiger partial charge is 0.340 e. The number of carbonyl (C=O) groups is 1. The van der Waals surface area contributed by atoms with Crippen molar-refractivity contribution in [3.05, 3.63) is 71.0 Å². The van der Waals surface area contributed by atoms with E-state index in [0.717, 1.165) is 18.5 Å². The van der Waals surface area contributed by atoms with Gasteiger partial charge in [0.1, 0.15) is 17.2 Å². The zero-order valence-corrected chi connectivity index (χ0v) is 28.8. The van der Waals surface area contributed by atoms with Crippen LogP contribution in [-0.2, 0) is 6.54 Å². The Morgan fingerprint density at radius 3 is 2.48 bits per heavy atom. The normalized spacial score (nSPS) is 20.5. The number of aromatic nitrogens is 2. The third-order valence-electron chi connectivity index (χ3n) is 7.58. The Hall–Kier alpha value is -1.53. The highest BCUT2D eigenvalue weighted by Gasteiger charge is 2.45. The predicted octanol–water partition coefficient (Wildman–Crippen LogP) is 6.91. The summed E-state index contributed by atoms with van der Waals surface area (Å²) >= 11 is 7.52. The maximum Gasteiger partial charge on any atom is 0.267 e. The number of amides is 1. The molecule has 3 aliphatic rings. The fourth-order valence-corrected chi connectivity index (χ4v) is 7.42. The summed E-state index contributed by atoms with van der Waals surface area (Å²) in [6, 6.07) is 15.3. The van der Waals surface area contributed by atoms with E-state index in [2.05, 4.69) is 116 Å². The zero-order chi connectivity index (χ0) is 28.4. The van der Waals surface area contributed by atoms with Crippen LogP contribution in [0.1, 0.15) is 54.2 Å². The molecule has 0 radical (unpaired) electrons. The molecule has 1 fully saturated rings. The molecule has 3 aliphatic heterocycles. The van der Waals surface area contributed by atoms with E-state index >= 15 is 0 Å². The van der Waals surface area contributed by atoms with Gasteiger partial charge in [-0.2, -0.15) is 5.10 Å². The fraction of sp³-hybridized carbons (Fsp3) is 0.393. The Kier molecular flexibility index (Phi) is 7.60. The Balaban J connectivity index is 1.36. The van der Waals surface area contributed by atoms with E-state index in [1.54, 1.807) is 24.1 Å². The average Bonchev–Trinajstić information content (AvgIpc) is 3.60. The standard InChI is InChI=1S/C28H29FI3N7O/c1-27(2)16-37-24-22(25(40)36(3)26(37)34-27)23(33-20-12-10-19(29)11-13-20)39(35-24)15-17-6-8-18(9-7-17)21-5-4-14-38(21)28(30,31)32/h6-13,21,33H,4-5,14-16H2,1-3H3. The van der Waals surface area contributed by atoms with Crippen molar-refractivity contribution in [1.82, 2.24) is 19.6 Å². The van der Waals surface area contributed by atoms with Gasteiger partial charge in [-0.15, -0.1) is 0 Å². The smallest absolute Gasteiger partial charge is 0.267 e. The summed E-state index contributed by atoms with van der Waals surface area (Å²) in [6.07, 6.45) is 2.35. The molecule has 1 aromatic heterocycles. The van der Waals surface area contributed by atoms with E-state index in [1.165, 1.54) is 24.1 Å². The van der Waals surface area contributed by atoms with E-state index in [4.69, 9.17) is 10.1 Å². The van der Waals surface area contributed by atoms with Gasteiger partial charge in [-0.3, -0.25) is 19.5 Å². The van der Waals surface area contributed by atoms with Crippen molar-refractivity contribution in [2.45, 2.75) is 44.4 Å². The molecule has 1 N–H and O–H groups in total. The van der Waals surface area contributed by atoms with Gasteiger partial charge < -0.3 is 5.32 Å². The number of anilines is 3. The predicted molar refractivity (Wildman–Crippen MR) is 182 cm³/mol. The molecule has 1 unspecified atom stereocenters. The van der Waals surface area contributed by atoms with Gasteiger partial charge in [0, 0.05) is 25.3 Å². The molecule has 6 rings (SSSR count). The number of alkyl halides is 3. The lowest BCUT2D eigenvalue weighted by Gasteiger charge is -2.32. The molecule has 0 saturated carbocycles. The van der Waals surface area contributed by atoms with E-state index in [-0.39, 0.29) is 16.8 Å². The summed E-state index contributed by atoms with van der Waals surface area (Å²) in [4.78, 5) is 24.6. The topological polar surface area (TPSA) is 69.0 Å². The van der Waals surface area contributed by atoms with Crippen LogP contribution in [-0.4, -0.2) is 56.7 Å². The fourth-order valence-electron chi connectivity index (χ4n) is 5.69. The minimum atomic E-state index is -0.338. The van der Waals surface area contributed by atoms with E-state index in [9.17, 15) is 9.18 Å². The first-order chi connectivity index (χ1) is 18.9. The summed E-state index contributed by atoms with van der Waals surface area (Å²) in [7, 11) is 1.75. The van der Waals surface area contributed by atoms with Crippen LogP contribution in [0.25, 0.3) is 0 Å². The van der Waals surface area contributed by atoms with Gasteiger partial charge in [0.15, 0.2) is 5.38 Å². The molecule has 3 aromatic rings. The number of fused-ring (bicyclic) bond motifs is 3. The van der Waals surface area contributed by atoms with E-state index in [0.29, 0.717) is 48.0 Å². The van der Waals surface area contributed by atoms with Crippen LogP contribution in [0.3, 0.4) is 0 Å². The molecule has 4 heterocycles. The number of rotatable bonds is 6. The van der Waals surface area contributed by atoms with Crippen molar-refractivity contribution in [2.75, 3.05) is 30.4 Å². The van der Waals surface area contributed by atoms with E-state index < -0.39 is 0 Å². The Morgan fingerprint density at radius 1 is 1.10 bits per heavy atom. The van der Waals surface area contributed by atoms with Crippen LogP contribution in [0.4, 0.5) is 21.7 Å². The van der Waals surface area contributed by atoms with Crippen LogP contribution in [0.2, 0.25) is 0 Å². The molecule has 1 amide bonds.